The summed E-state index contributed by atoms with van der Waals surface area (Å²) in [4.78, 5) is 12.3. The minimum atomic E-state index is -0.406. The van der Waals surface area contributed by atoms with Gasteiger partial charge in [0.05, 0.1) is 0 Å². The highest BCUT2D eigenvalue weighted by atomic mass is 35.5. The maximum Gasteiger partial charge on any atom is 0.261 e. The standard InChI is InChI=1S/C16H11ClN2O2/c17-11-5-3-6-12(9-11)19-16(20)13-8-10-4-1-2-7-14(10)21-15(13)18/h1-9,18H,(H,19,20). The Bertz CT molecular complexity index is 887. The lowest BCUT2D eigenvalue weighted by Gasteiger charge is -2.06. The zero-order chi connectivity index (χ0) is 14.8. The Kier molecular flexibility index (Phi) is 3.46. The van der Waals surface area contributed by atoms with Gasteiger partial charge in [0.25, 0.3) is 5.91 Å². The van der Waals surface area contributed by atoms with Crippen molar-refractivity contribution in [3.05, 3.63) is 70.7 Å². The van der Waals surface area contributed by atoms with E-state index in [9.17, 15) is 4.79 Å². The lowest BCUT2D eigenvalue weighted by molar-refractivity contribution is 0.102. The number of carbonyl (C=O) groups is 1. The molecule has 1 amide bonds. The summed E-state index contributed by atoms with van der Waals surface area (Å²) in [5, 5.41) is 11.8. The SMILES string of the molecule is N=c1oc2ccccc2cc1C(=O)Nc1cccc(Cl)c1. The largest absolute Gasteiger partial charge is 0.438 e. The molecule has 0 unspecified atom stereocenters. The summed E-state index contributed by atoms with van der Waals surface area (Å²) >= 11 is 5.88. The molecule has 21 heavy (non-hydrogen) atoms. The molecule has 0 spiro atoms. The Morgan fingerprint density at radius 2 is 1.90 bits per heavy atom. The Balaban J connectivity index is 1.98. The molecule has 2 N–H and O–H groups in total. The molecule has 0 atom stereocenters. The summed E-state index contributed by atoms with van der Waals surface area (Å²) < 4.78 is 5.36. The molecule has 104 valence electrons. The first-order valence-corrected chi connectivity index (χ1v) is 6.66. The minimum absolute atomic E-state index is 0.173. The van der Waals surface area contributed by atoms with E-state index in [1.165, 1.54) is 0 Å². The molecule has 0 fully saturated rings. The number of nitrogens with one attached hydrogen (secondary N) is 2. The summed E-state index contributed by atoms with van der Waals surface area (Å²) in [6, 6.07) is 15.7. The normalized spacial score (nSPS) is 10.5. The molecule has 5 heteroatoms. The molecule has 0 saturated heterocycles. The molecule has 0 bridgehead atoms. The van der Waals surface area contributed by atoms with Crippen molar-refractivity contribution in [3.63, 3.8) is 0 Å². The number of halogens is 1. The van der Waals surface area contributed by atoms with Crippen molar-refractivity contribution in [1.29, 1.82) is 5.41 Å². The molecule has 0 radical (unpaired) electrons. The van der Waals surface area contributed by atoms with Crippen LogP contribution >= 0.6 is 11.6 Å². The minimum Gasteiger partial charge on any atom is -0.438 e. The van der Waals surface area contributed by atoms with Crippen molar-refractivity contribution in [2.45, 2.75) is 0 Å². The number of fused-ring (bicyclic) bond motifs is 1. The maximum absolute atomic E-state index is 12.3. The van der Waals surface area contributed by atoms with Crippen molar-refractivity contribution < 1.29 is 9.21 Å². The number of amides is 1. The van der Waals surface area contributed by atoms with Crippen LogP contribution in [-0.4, -0.2) is 5.91 Å². The zero-order valence-electron chi connectivity index (χ0n) is 10.9. The molecule has 0 aliphatic rings. The van der Waals surface area contributed by atoms with Gasteiger partial charge in [-0.25, -0.2) is 0 Å². The molecule has 1 aromatic heterocycles. The highest BCUT2D eigenvalue weighted by Crippen LogP contribution is 2.17. The van der Waals surface area contributed by atoms with Crippen LogP contribution in [0.3, 0.4) is 0 Å². The molecular formula is C16H11ClN2O2. The third-order valence-electron chi connectivity index (χ3n) is 3.00. The summed E-state index contributed by atoms with van der Waals surface area (Å²) in [5.41, 5.74) is 1.14. The number of para-hydroxylation sites is 1. The second-order valence-electron chi connectivity index (χ2n) is 4.49. The fourth-order valence-corrected chi connectivity index (χ4v) is 2.20. The van der Waals surface area contributed by atoms with Gasteiger partial charge in [0.2, 0.25) is 5.55 Å². The second kappa shape index (κ2) is 5.42. The predicted octanol–water partition coefficient (Wildman–Crippen LogP) is 3.82. The first kappa shape index (κ1) is 13.4. The quantitative estimate of drug-likeness (QED) is 0.755. The van der Waals surface area contributed by atoms with Gasteiger partial charge in [0, 0.05) is 16.1 Å². The fraction of sp³-hybridized carbons (Fsp3) is 0. The monoisotopic (exact) mass is 298 g/mol. The summed E-state index contributed by atoms with van der Waals surface area (Å²) in [7, 11) is 0. The van der Waals surface area contributed by atoms with E-state index in [4.69, 9.17) is 21.4 Å². The molecule has 3 aromatic rings. The number of rotatable bonds is 2. The number of anilines is 1. The average molecular weight is 299 g/mol. The van der Waals surface area contributed by atoms with Gasteiger partial charge in [-0.15, -0.1) is 0 Å². The summed E-state index contributed by atoms with van der Waals surface area (Å²) in [6.45, 7) is 0. The van der Waals surface area contributed by atoms with E-state index in [-0.39, 0.29) is 11.1 Å². The topological polar surface area (TPSA) is 66.1 Å². The number of carbonyl (C=O) groups excluding carboxylic acids is 1. The van der Waals surface area contributed by atoms with Crippen molar-refractivity contribution in [1.82, 2.24) is 0 Å². The van der Waals surface area contributed by atoms with Gasteiger partial charge in [-0.05, 0) is 30.3 Å². The highest BCUT2D eigenvalue weighted by molar-refractivity contribution is 6.31. The average Bonchev–Trinajstić information content (AvgIpc) is 2.46. The second-order valence-corrected chi connectivity index (χ2v) is 4.93. The summed E-state index contributed by atoms with van der Waals surface area (Å²) in [6.07, 6.45) is 0. The molecule has 0 aliphatic heterocycles. The van der Waals surface area contributed by atoms with Crippen LogP contribution in [-0.2, 0) is 0 Å². The lowest BCUT2D eigenvalue weighted by Crippen LogP contribution is -2.20. The molecule has 0 saturated carbocycles. The van der Waals surface area contributed by atoms with E-state index in [1.54, 1.807) is 36.4 Å². The third-order valence-corrected chi connectivity index (χ3v) is 3.24. The first-order chi connectivity index (χ1) is 10.1. The molecule has 0 aliphatic carbocycles. The van der Waals surface area contributed by atoms with Gasteiger partial charge < -0.3 is 9.73 Å². The van der Waals surface area contributed by atoms with Crippen LogP contribution in [0.1, 0.15) is 10.4 Å². The maximum atomic E-state index is 12.3. The smallest absolute Gasteiger partial charge is 0.261 e. The molecule has 1 heterocycles. The predicted molar refractivity (Wildman–Crippen MR) is 81.5 cm³/mol. The van der Waals surface area contributed by atoms with Crippen LogP contribution in [0, 0.1) is 5.41 Å². The number of benzene rings is 2. The Labute approximate surface area is 125 Å². The fourth-order valence-electron chi connectivity index (χ4n) is 2.01. The Hall–Kier alpha value is -2.59. The van der Waals surface area contributed by atoms with Gasteiger partial charge in [-0.3, -0.25) is 10.2 Å². The van der Waals surface area contributed by atoms with E-state index in [0.717, 1.165) is 5.39 Å². The van der Waals surface area contributed by atoms with Crippen LogP contribution in [0.25, 0.3) is 11.0 Å². The van der Waals surface area contributed by atoms with E-state index in [0.29, 0.717) is 16.3 Å². The van der Waals surface area contributed by atoms with Crippen molar-refractivity contribution in [3.8, 4) is 0 Å². The zero-order valence-corrected chi connectivity index (χ0v) is 11.6. The molecule has 4 nitrogen and oxygen atoms in total. The van der Waals surface area contributed by atoms with Gasteiger partial charge in [-0.1, -0.05) is 35.9 Å². The van der Waals surface area contributed by atoms with E-state index in [2.05, 4.69) is 5.32 Å². The first-order valence-electron chi connectivity index (χ1n) is 6.28. The van der Waals surface area contributed by atoms with E-state index < -0.39 is 5.91 Å². The van der Waals surface area contributed by atoms with Crippen molar-refractivity contribution in [2.75, 3.05) is 5.32 Å². The third kappa shape index (κ3) is 2.80. The van der Waals surface area contributed by atoms with Crippen molar-refractivity contribution in [2.24, 2.45) is 0 Å². The van der Waals surface area contributed by atoms with Crippen LogP contribution < -0.4 is 10.9 Å². The van der Waals surface area contributed by atoms with E-state index >= 15 is 0 Å². The summed E-state index contributed by atoms with van der Waals surface area (Å²) in [5.74, 6) is -0.406. The molecule has 2 aromatic carbocycles. The van der Waals surface area contributed by atoms with Gasteiger partial charge in [0.1, 0.15) is 11.1 Å². The van der Waals surface area contributed by atoms with Gasteiger partial charge in [0.15, 0.2) is 0 Å². The van der Waals surface area contributed by atoms with E-state index in [1.807, 2.05) is 18.2 Å². The van der Waals surface area contributed by atoms with Crippen LogP contribution in [0.2, 0.25) is 5.02 Å². The van der Waals surface area contributed by atoms with Crippen LogP contribution in [0.4, 0.5) is 5.69 Å². The molecule has 3 rings (SSSR count). The lowest BCUT2D eigenvalue weighted by atomic mass is 10.1. The highest BCUT2D eigenvalue weighted by Gasteiger charge is 2.11. The van der Waals surface area contributed by atoms with Gasteiger partial charge >= 0.3 is 0 Å². The van der Waals surface area contributed by atoms with Gasteiger partial charge in [-0.2, -0.15) is 0 Å². The van der Waals surface area contributed by atoms with Crippen LogP contribution in [0.5, 0.6) is 0 Å². The Morgan fingerprint density at radius 1 is 1.10 bits per heavy atom. The van der Waals surface area contributed by atoms with Crippen LogP contribution in [0.15, 0.2) is 59.0 Å². The number of hydrogen-bond donors (Lipinski definition) is 2. The number of hydrogen-bond acceptors (Lipinski definition) is 3. The Morgan fingerprint density at radius 3 is 2.71 bits per heavy atom. The molecular weight excluding hydrogens is 288 g/mol. The van der Waals surface area contributed by atoms with Crippen molar-refractivity contribution >= 4 is 34.2 Å².